The first kappa shape index (κ1) is 36.8. The molecular formula is C33H35N2O13S-. The number of hydrogen-bond donors (Lipinski definition) is 5. The van der Waals surface area contributed by atoms with Gasteiger partial charge in [-0.1, -0.05) is 18.2 Å². The molecule has 15 nitrogen and oxygen atoms in total. The van der Waals surface area contributed by atoms with Crippen molar-refractivity contribution in [3.63, 3.8) is 0 Å². The van der Waals surface area contributed by atoms with Crippen LogP contribution in [0, 0.1) is 27.7 Å². The number of carboxylic acids is 4. The predicted octanol–water partition coefficient (Wildman–Crippen LogP) is 0.950. The lowest BCUT2D eigenvalue weighted by Crippen LogP contribution is -2.40. The van der Waals surface area contributed by atoms with Crippen molar-refractivity contribution >= 4 is 34.0 Å². The topological polar surface area (TPSA) is 242 Å². The van der Waals surface area contributed by atoms with Gasteiger partial charge in [0.05, 0.1) is 25.6 Å². The zero-order chi connectivity index (χ0) is 36.6. The summed E-state index contributed by atoms with van der Waals surface area (Å²) >= 11 is 0. The first-order chi connectivity index (χ1) is 22.8. The van der Waals surface area contributed by atoms with Gasteiger partial charge in [0, 0.05) is 36.3 Å². The minimum absolute atomic E-state index is 0.0877. The number of hydrogen-bond acceptors (Lipinski definition) is 12. The third kappa shape index (κ3) is 7.22. The van der Waals surface area contributed by atoms with Gasteiger partial charge in [0.2, 0.25) is 0 Å². The van der Waals surface area contributed by atoms with Gasteiger partial charge in [-0.05, 0) is 79.3 Å². The van der Waals surface area contributed by atoms with E-state index < -0.39 is 72.3 Å². The number of benzene rings is 3. The lowest BCUT2D eigenvalue weighted by Gasteiger charge is -2.35. The third-order valence-electron chi connectivity index (χ3n) is 8.48. The molecule has 262 valence electrons. The van der Waals surface area contributed by atoms with E-state index in [1.807, 2.05) is 0 Å². The fraction of sp³-hybridized carbons (Fsp3) is 0.333. The highest BCUT2D eigenvalue weighted by atomic mass is 32.2. The summed E-state index contributed by atoms with van der Waals surface area (Å²) in [6, 6.07) is 8.94. The molecule has 3 aromatic carbocycles. The quantitative estimate of drug-likeness (QED) is 0.147. The van der Waals surface area contributed by atoms with Gasteiger partial charge in [0.1, 0.15) is 16.4 Å². The lowest BCUT2D eigenvalue weighted by atomic mass is 9.74. The number of phenols is 2. The second kappa shape index (κ2) is 13.8. The Kier molecular flexibility index (Phi) is 10.4. The van der Waals surface area contributed by atoms with E-state index in [1.165, 1.54) is 51.1 Å². The molecule has 3 aromatic rings. The Labute approximate surface area is 281 Å². The Morgan fingerprint density at radius 3 is 1.53 bits per heavy atom. The molecule has 1 unspecified atom stereocenters. The van der Waals surface area contributed by atoms with Crippen molar-refractivity contribution in [1.29, 1.82) is 0 Å². The summed E-state index contributed by atoms with van der Waals surface area (Å²) in [6.07, 6.45) is 0. The second-order valence-electron chi connectivity index (χ2n) is 11.9. The van der Waals surface area contributed by atoms with Gasteiger partial charge >= 0.3 is 17.9 Å². The summed E-state index contributed by atoms with van der Waals surface area (Å²) in [4.78, 5) is 48.1. The largest absolute Gasteiger partial charge is 0.549 e. The summed E-state index contributed by atoms with van der Waals surface area (Å²) in [5.41, 5.74) is -0.385. The maximum Gasteiger partial charge on any atom is 0.317 e. The molecule has 0 saturated heterocycles. The highest BCUT2D eigenvalue weighted by Gasteiger charge is 2.53. The molecule has 0 amide bonds. The van der Waals surface area contributed by atoms with E-state index in [1.54, 1.807) is 13.0 Å². The number of nitrogens with zero attached hydrogens (tertiary/aromatic N) is 2. The number of phenolic OH excluding ortho intramolecular Hbond substituents is 2. The first-order valence-electron chi connectivity index (χ1n) is 14.8. The summed E-state index contributed by atoms with van der Waals surface area (Å²) in [7, 11) is -4.49. The van der Waals surface area contributed by atoms with Crippen molar-refractivity contribution < 1.29 is 62.4 Å². The number of carbonyl (C=O) groups is 4. The highest BCUT2D eigenvalue weighted by molar-refractivity contribution is 7.87. The van der Waals surface area contributed by atoms with Crippen LogP contribution in [-0.2, 0) is 52.2 Å². The molecular weight excluding hydrogens is 664 g/mol. The molecule has 0 radical (unpaired) electrons. The molecule has 16 heteroatoms. The van der Waals surface area contributed by atoms with Gasteiger partial charge in [-0.25, -0.2) is 4.18 Å². The summed E-state index contributed by atoms with van der Waals surface area (Å²) in [6.45, 7) is 2.46. The fourth-order valence-electron chi connectivity index (χ4n) is 6.35. The Balaban J connectivity index is 2.10. The minimum Gasteiger partial charge on any atom is -0.549 e. The Morgan fingerprint density at radius 2 is 1.12 bits per heavy atom. The van der Waals surface area contributed by atoms with Crippen molar-refractivity contribution in [3.05, 3.63) is 86.5 Å². The molecule has 0 spiro atoms. The van der Waals surface area contributed by atoms with Crippen molar-refractivity contribution in [2.75, 3.05) is 26.2 Å². The van der Waals surface area contributed by atoms with Crippen LogP contribution in [0.3, 0.4) is 0 Å². The standard InChI is InChI=1S/C33H36N2O13S/c1-17-9-24(19(3)21(31(17)44)11-34(13-27(36)37)14-28(38)39)33(23-7-5-6-8-26(23)49(46,47)48-33)25-10-18(2)32(45)22(20(25)4)12-35(15-29(40)41)16-30(42)43/h5-10,44-45H,11-16H2,1-4H3,(H,36,37)(H,38,39)(H,40,41)(H,42,43)/p-1. The van der Waals surface area contributed by atoms with E-state index in [0.717, 1.165) is 9.80 Å². The molecule has 0 saturated carbocycles. The van der Waals surface area contributed by atoms with Crippen LogP contribution in [0.25, 0.3) is 0 Å². The summed E-state index contributed by atoms with van der Waals surface area (Å²) in [5, 5.41) is 62.2. The second-order valence-corrected chi connectivity index (χ2v) is 13.5. The van der Waals surface area contributed by atoms with E-state index >= 15 is 0 Å². The molecule has 1 aliphatic heterocycles. The van der Waals surface area contributed by atoms with Crippen molar-refractivity contribution in [1.82, 2.24) is 9.80 Å². The molecule has 0 aromatic heterocycles. The van der Waals surface area contributed by atoms with Gasteiger partial charge in [-0.15, -0.1) is 0 Å². The van der Waals surface area contributed by atoms with Gasteiger partial charge in [0.15, 0.2) is 5.60 Å². The Hall–Kier alpha value is -5.03. The van der Waals surface area contributed by atoms with Crippen molar-refractivity contribution in [3.8, 4) is 11.5 Å². The SMILES string of the molecule is Cc1cc(C2(c3cc(C)c(O)c(CN(CC(=O)O)CC(=O)O)c3C)OS(=O)(=O)c3ccccc32)c(C)c(CN(CC(=O)[O-])CC(=O)O)c1O. The number of fused-ring (bicyclic) bond motifs is 1. The lowest BCUT2D eigenvalue weighted by molar-refractivity contribution is -0.306. The maximum absolute atomic E-state index is 13.7. The smallest absolute Gasteiger partial charge is 0.317 e. The van der Waals surface area contributed by atoms with E-state index in [9.17, 15) is 58.2 Å². The number of aryl methyl sites for hydroxylation is 2. The average Bonchev–Trinajstić information content (AvgIpc) is 3.23. The number of aliphatic carboxylic acids is 4. The minimum atomic E-state index is -4.49. The Morgan fingerprint density at radius 1 is 0.714 bits per heavy atom. The van der Waals surface area contributed by atoms with E-state index in [2.05, 4.69) is 0 Å². The van der Waals surface area contributed by atoms with Crippen LogP contribution < -0.4 is 5.11 Å². The van der Waals surface area contributed by atoms with Gasteiger partial charge < -0.3 is 35.4 Å². The number of carbonyl (C=O) groups excluding carboxylic acids is 1. The molecule has 0 fully saturated rings. The molecule has 1 atom stereocenters. The summed E-state index contributed by atoms with van der Waals surface area (Å²) < 4.78 is 33.6. The first-order valence-corrected chi connectivity index (χ1v) is 16.2. The Bertz CT molecular complexity index is 1840. The monoisotopic (exact) mass is 699 g/mol. The predicted molar refractivity (Wildman–Crippen MR) is 168 cm³/mol. The summed E-state index contributed by atoms with van der Waals surface area (Å²) in [5.74, 6) is -6.12. The zero-order valence-electron chi connectivity index (χ0n) is 27.0. The molecule has 4 rings (SSSR count). The average molecular weight is 700 g/mol. The third-order valence-corrected chi connectivity index (χ3v) is 9.84. The number of carboxylic acid groups (broad SMARTS) is 4. The molecule has 1 aliphatic rings. The van der Waals surface area contributed by atoms with E-state index in [0.29, 0.717) is 0 Å². The molecule has 1 heterocycles. The van der Waals surface area contributed by atoms with Crippen molar-refractivity contribution in [2.24, 2.45) is 0 Å². The van der Waals surface area contributed by atoms with Crippen LogP contribution in [-0.4, -0.2) is 93.8 Å². The van der Waals surface area contributed by atoms with Gasteiger partial charge in [-0.2, -0.15) is 8.42 Å². The van der Waals surface area contributed by atoms with Gasteiger partial charge in [-0.3, -0.25) is 24.2 Å². The normalized spacial score (nSPS) is 16.5. The highest BCUT2D eigenvalue weighted by Crippen LogP contribution is 2.54. The number of aromatic hydroxyl groups is 2. The van der Waals surface area contributed by atoms with Crippen LogP contribution >= 0.6 is 0 Å². The molecule has 5 N–H and O–H groups in total. The zero-order valence-corrected chi connectivity index (χ0v) is 27.8. The molecule has 0 bridgehead atoms. The van der Waals surface area contributed by atoms with Crippen molar-refractivity contribution in [2.45, 2.75) is 51.3 Å². The van der Waals surface area contributed by atoms with E-state index in [-0.39, 0.29) is 73.0 Å². The van der Waals surface area contributed by atoms with E-state index in [4.69, 9.17) is 4.18 Å². The molecule has 0 aliphatic carbocycles. The number of rotatable bonds is 14. The van der Waals surface area contributed by atoms with Gasteiger partial charge in [0.25, 0.3) is 10.1 Å². The van der Waals surface area contributed by atoms with Crippen LogP contribution in [0.5, 0.6) is 11.5 Å². The fourth-order valence-corrected chi connectivity index (χ4v) is 7.77. The van der Waals surface area contributed by atoms with Crippen LogP contribution in [0.4, 0.5) is 0 Å². The van der Waals surface area contributed by atoms with Crippen LogP contribution in [0.15, 0.2) is 41.3 Å². The molecule has 49 heavy (non-hydrogen) atoms. The maximum atomic E-state index is 13.7. The van der Waals surface area contributed by atoms with Crippen LogP contribution in [0.1, 0.15) is 50.1 Å². The van der Waals surface area contributed by atoms with Crippen LogP contribution in [0.2, 0.25) is 0 Å².